The minimum atomic E-state index is -4.44. The summed E-state index contributed by atoms with van der Waals surface area (Å²) in [4.78, 5) is 1.57. The van der Waals surface area contributed by atoms with E-state index in [0.717, 1.165) is 12.1 Å². The van der Waals surface area contributed by atoms with Gasteiger partial charge in [-0.1, -0.05) is 29.3 Å². The Labute approximate surface area is 176 Å². The molecule has 3 rings (SSSR count). The molecule has 0 amide bonds. The lowest BCUT2D eigenvalue weighted by molar-refractivity contribution is -0.137. The van der Waals surface area contributed by atoms with Gasteiger partial charge in [0.1, 0.15) is 15.7 Å². The highest BCUT2D eigenvalue weighted by molar-refractivity contribution is 7.89. The van der Waals surface area contributed by atoms with E-state index in [9.17, 15) is 21.6 Å². The predicted octanol–water partition coefficient (Wildman–Crippen LogP) is 4.53. The molecule has 5 nitrogen and oxygen atoms in total. The van der Waals surface area contributed by atoms with Crippen molar-refractivity contribution in [1.82, 2.24) is 4.31 Å². The molecule has 1 fully saturated rings. The van der Waals surface area contributed by atoms with E-state index in [4.69, 9.17) is 27.9 Å². The molecule has 11 heteroatoms. The summed E-state index contributed by atoms with van der Waals surface area (Å²) in [7, 11) is -2.53. The maximum Gasteiger partial charge on any atom is 0.416 e. The monoisotopic (exact) mass is 468 g/mol. The van der Waals surface area contributed by atoms with Gasteiger partial charge in [0.25, 0.3) is 0 Å². The standard InChI is InChI=1S/C18H17Cl2F3N2O3S/c1-28-14-5-6-15(17(20)16(14)19)29(26,27)25-9-7-24(8-10-25)13-4-2-3-12(11-13)18(21,22)23/h2-6,11H,7-10H2,1H3. The second-order valence-corrected chi connectivity index (χ2v) is 9.00. The molecule has 2 aromatic rings. The summed E-state index contributed by atoms with van der Waals surface area (Å²) >= 11 is 12.2. The van der Waals surface area contributed by atoms with Crippen molar-refractivity contribution in [3.05, 3.63) is 52.0 Å². The Morgan fingerprint density at radius 1 is 1.00 bits per heavy atom. The minimum absolute atomic E-state index is 0.00200. The van der Waals surface area contributed by atoms with E-state index in [-0.39, 0.29) is 46.9 Å². The second-order valence-electron chi connectivity index (χ2n) is 6.33. The van der Waals surface area contributed by atoms with Gasteiger partial charge in [-0.3, -0.25) is 0 Å². The fourth-order valence-electron chi connectivity index (χ4n) is 3.08. The summed E-state index contributed by atoms with van der Waals surface area (Å²) in [6, 6.07) is 7.70. The van der Waals surface area contributed by atoms with Crippen LogP contribution in [0.15, 0.2) is 41.3 Å². The number of halogens is 5. The van der Waals surface area contributed by atoms with Gasteiger partial charge in [0.15, 0.2) is 0 Å². The third kappa shape index (κ3) is 4.42. The predicted molar refractivity (Wildman–Crippen MR) is 105 cm³/mol. The van der Waals surface area contributed by atoms with Crippen molar-refractivity contribution in [3.63, 3.8) is 0 Å². The summed E-state index contributed by atoms with van der Waals surface area (Å²) in [6.07, 6.45) is -4.44. The van der Waals surface area contributed by atoms with E-state index in [1.165, 1.54) is 29.6 Å². The molecule has 1 aliphatic rings. The third-order valence-electron chi connectivity index (χ3n) is 4.63. The molecule has 1 aliphatic heterocycles. The summed E-state index contributed by atoms with van der Waals surface area (Å²) in [5.41, 5.74) is -0.355. The quantitative estimate of drug-likeness (QED) is 0.661. The fraction of sp³-hybridized carbons (Fsp3) is 0.333. The minimum Gasteiger partial charge on any atom is -0.495 e. The van der Waals surface area contributed by atoms with Crippen molar-refractivity contribution in [3.8, 4) is 5.75 Å². The zero-order valence-corrected chi connectivity index (χ0v) is 17.5. The number of hydrogen-bond donors (Lipinski definition) is 0. The molecule has 1 saturated heterocycles. The highest BCUT2D eigenvalue weighted by Crippen LogP contribution is 2.38. The number of alkyl halides is 3. The van der Waals surface area contributed by atoms with E-state index < -0.39 is 21.8 Å². The smallest absolute Gasteiger partial charge is 0.416 e. The first-order valence-electron chi connectivity index (χ1n) is 8.50. The van der Waals surface area contributed by atoms with Crippen LogP contribution in [0.25, 0.3) is 0 Å². The Bertz CT molecular complexity index is 1010. The molecule has 0 radical (unpaired) electrons. The Balaban J connectivity index is 1.78. The van der Waals surface area contributed by atoms with E-state index in [1.54, 1.807) is 11.0 Å². The first-order chi connectivity index (χ1) is 13.6. The lowest BCUT2D eigenvalue weighted by Gasteiger charge is -2.35. The van der Waals surface area contributed by atoms with E-state index in [0.29, 0.717) is 5.69 Å². The van der Waals surface area contributed by atoms with Crippen molar-refractivity contribution in [2.24, 2.45) is 0 Å². The summed E-state index contributed by atoms with van der Waals surface area (Å²) in [5.74, 6) is 0.255. The van der Waals surface area contributed by atoms with Gasteiger partial charge in [-0.05, 0) is 30.3 Å². The maximum absolute atomic E-state index is 13.0. The van der Waals surface area contributed by atoms with Gasteiger partial charge in [-0.15, -0.1) is 0 Å². The Hall–Kier alpha value is -1.68. The molecule has 0 N–H and O–H groups in total. The van der Waals surface area contributed by atoms with Crippen molar-refractivity contribution >= 4 is 38.9 Å². The molecule has 1 heterocycles. The van der Waals surface area contributed by atoms with Gasteiger partial charge in [0, 0.05) is 31.9 Å². The Kier molecular flexibility index (Phi) is 6.24. The van der Waals surface area contributed by atoms with Crippen LogP contribution in [-0.4, -0.2) is 46.0 Å². The third-order valence-corrected chi connectivity index (χ3v) is 7.54. The first-order valence-corrected chi connectivity index (χ1v) is 10.7. The van der Waals surface area contributed by atoms with Crippen LogP contribution in [0, 0.1) is 0 Å². The van der Waals surface area contributed by atoms with Crippen LogP contribution in [0.2, 0.25) is 10.0 Å². The van der Waals surface area contributed by atoms with Crippen LogP contribution in [-0.2, 0) is 16.2 Å². The van der Waals surface area contributed by atoms with Crippen LogP contribution < -0.4 is 9.64 Å². The molecular formula is C18H17Cl2F3N2O3S. The lowest BCUT2D eigenvalue weighted by atomic mass is 10.1. The average Bonchev–Trinajstić information content (AvgIpc) is 2.69. The Morgan fingerprint density at radius 3 is 2.24 bits per heavy atom. The van der Waals surface area contributed by atoms with Crippen molar-refractivity contribution in [2.45, 2.75) is 11.1 Å². The van der Waals surface area contributed by atoms with Gasteiger partial charge >= 0.3 is 6.18 Å². The number of sulfonamides is 1. The van der Waals surface area contributed by atoms with Crippen LogP contribution in [0.5, 0.6) is 5.75 Å². The molecule has 0 unspecified atom stereocenters. The average molecular weight is 469 g/mol. The van der Waals surface area contributed by atoms with Crippen LogP contribution >= 0.6 is 23.2 Å². The molecule has 0 atom stereocenters. The number of methoxy groups -OCH3 is 1. The highest BCUT2D eigenvalue weighted by atomic mass is 35.5. The van der Waals surface area contributed by atoms with Gasteiger partial charge in [0.2, 0.25) is 10.0 Å². The number of benzene rings is 2. The summed E-state index contributed by atoms with van der Waals surface area (Å²) < 4.78 is 71.0. The number of rotatable bonds is 4. The zero-order chi connectivity index (χ0) is 21.4. The lowest BCUT2D eigenvalue weighted by Crippen LogP contribution is -2.48. The van der Waals surface area contributed by atoms with E-state index >= 15 is 0 Å². The van der Waals surface area contributed by atoms with E-state index in [1.807, 2.05) is 0 Å². The second kappa shape index (κ2) is 8.22. The van der Waals surface area contributed by atoms with Gasteiger partial charge in [-0.2, -0.15) is 17.5 Å². The number of hydrogen-bond acceptors (Lipinski definition) is 4. The highest BCUT2D eigenvalue weighted by Gasteiger charge is 2.33. The zero-order valence-electron chi connectivity index (χ0n) is 15.2. The summed E-state index contributed by atoms with van der Waals surface area (Å²) in [6.45, 7) is 0.668. The molecule has 29 heavy (non-hydrogen) atoms. The molecule has 0 aromatic heterocycles. The van der Waals surface area contributed by atoms with Crippen LogP contribution in [0.1, 0.15) is 5.56 Å². The van der Waals surface area contributed by atoms with Crippen molar-refractivity contribution in [1.29, 1.82) is 0 Å². The van der Waals surface area contributed by atoms with Crippen LogP contribution in [0.4, 0.5) is 18.9 Å². The number of anilines is 1. The molecule has 0 spiro atoms. The summed E-state index contributed by atoms with van der Waals surface area (Å²) in [5, 5.41) is -0.135. The van der Waals surface area contributed by atoms with Crippen molar-refractivity contribution < 1.29 is 26.3 Å². The molecule has 0 saturated carbocycles. The van der Waals surface area contributed by atoms with E-state index in [2.05, 4.69) is 0 Å². The molecule has 0 aliphatic carbocycles. The number of nitrogens with zero attached hydrogens (tertiary/aromatic N) is 2. The normalized spacial score (nSPS) is 16.1. The molecule has 158 valence electrons. The number of ether oxygens (including phenoxy) is 1. The van der Waals surface area contributed by atoms with Crippen molar-refractivity contribution in [2.75, 3.05) is 38.2 Å². The topological polar surface area (TPSA) is 49.9 Å². The largest absolute Gasteiger partial charge is 0.495 e. The van der Waals surface area contributed by atoms with Gasteiger partial charge in [0.05, 0.1) is 17.7 Å². The molecule has 0 bridgehead atoms. The fourth-order valence-corrected chi connectivity index (χ4v) is 5.31. The van der Waals surface area contributed by atoms with Crippen LogP contribution in [0.3, 0.4) is 0 Å². The van der Waals surface area contributed by atoms with Gasteiger partial charge in [-0.25, -0.2) is 8.42 Å². The SMILES string of the molecule is COc1ccc(S(=O)(=O)N2CCN(c3cccc(C(F)(F)F)c3)CC2)c(Cl)c1Cl. The first kappa shape index (κ1) is 22.0. The molecular weight excluding hydrogens is 452 g/mol. The maximum atomic E-state index is 13.0. The number of piperazine rings is 1. The Morgan fingerprint density at radius 2 is 1.66 bits per heavy atom. The van der Waals surface area contributed by atoms with Gasteiger partial charge < -0.3 is 9.64 Å². The molecule has 2 aromatic carbocycles.